The SMILES string of the molecule is C=I1=c2ccccc2=NC(c2ccccc2)=C1C. The molecule has 1 aliphatic heterocycles. The summed E-state index contributed by atoms with van der Waals surface area (Å²) in [4.78, 5) is 4.83. The maximum Gasteiger partial charge on any atom is 0.0791 e. The molecule has 0 saturated carbocycles. The van der Waals surface area contributed by atoms with Crippen molar-refractivity contribution in [3.63, 3.8) is 0 Å². The fraction of sp³-hybridized carbons (Fsp3) is 0.0625. The van der Waals surface area contributed by atoms with Gasteiger partial charge in [0.25, 0.3) is 0 Å². The van der Waals surface area contributed by atoms with Gasteiger partial charge in [0.15, 0.2) is 0 Å². The third-order valence-corrected chi connectivity index (χ3v) is 7.83. The Morgan fingerprint density at radius 3 is 2.39 bits per heavy atom. The van der Waals surface area contributed by atoms with E-state index in [1.165, 1.54) is 12.3 Å². The molecule has 3 rings (SSSR count). The molecule has 0 radical (unpaired) electrons. The molecule has 0 aromatic heterocycles. The molecule has 0 amide bonds. The molecular formula is C16H14IN. The van der Waals surface area contributed by atoms with Crippen LogP contribution in [-0.4, -0.2) is 4.51 Å². The summed E-state index contributed by atoms with van der Waals surface area (Å²) < 4.78 is 7.20. The van der Waals surface area contributed by atoms with E-state index < -0.39 is 18.9 Å². The van der Waals surface area contributed by atoms with Gasteiger partial charge in [0.05, 0.1) is 11.1 Å². The molecule has 0 fully saturated rings. The Morgan fingerprint density at radius 1 is 0.944 bits per heavy atom. The lowest BCUT2D eigenvalue weighted by atomic mass is 10.1. The molecule has 1 heterocycles. The maximum absolute atomic E-state index is 4.83. The quantitative estimate of drug-likeness (QED) is 0.694. The normalized spacial score (nSPS) is 15.2. The topological polar surface area (TPSA) is 12.4 Å². The van der Waals surface area contributed by atoms with Gasteiger partial charge in [-0.3, -0.25) is 0 Å². The van der Waals surface area contributed by atoms with Crippen LogP contribution in [0.15, 0.2) is 63.2 Å². The Morgan fingerprint density at radius 2 is 1.61 bits per heavy atom. The van der Waals surface area contributed by atoms with Gasteiger partial charge < -0.3 is 0 Å². The van der Waals surface area contributed by atoms with Crippen molar-refractivity contribution >= 4 is 29.1 Å². The molecule has 1 aliphatic rings. The predicted molar refractivity (Wildman–Crippen MR) is 86.6 cm³/mol. The van der Waals surface area contributed by atoms with Crippen LogP contribution in [0.25, 0.3) is 5.70 Å². The number of halogens is 1. The molecule has 2 aromatic rings. The van der Waals surface area contributed by atoms with Crippen molar-refractivity contribution in [1.29, 1.82) is 0 Å². The van der Waals surface area contributed by atoms with Gasteiger partial charge in [-0.2, -0.15) is 0 Å². The van der Waals surface area contributed by atoms with Gasteiger partial charge in [0, 0.05) is 12.3 Å². The van der Waals surface area contributed by atoms with Crippen LogP contribution in [-0.2, 0) is 0 Å². The third-order valence-electron chi connectivity index (χ3n) is 3.05. The molecule has 2 aromatic carbocycles. The molecule has 1 nitrogen and oxygen atoms in total. The fourth-order valence-electron chi connectivity index (χ4n) is 2.05. The number of rotatable bonds is 1. The lowest BCUT2D eigenvalue weighted by Crippen LogP contribution is -2.05. The molecule has 18 heavy (non-hydrogen) atoms. The maximum atomic E-state index is 4.83. The van der Waals surface area contributed by atoms with Gasteiger partial charge in [-0.05, 0) is 19.1 Å². The van der Waals surface area contributed by atoms with Gasteiger partial charge >= 0.3 is 0 Å². The van der Waals surface area contributed by atoms with Crippen LogP contribution in [0.1, 0.15) is 12.5 Å². The molecule has 0 saturated heterocycles. The van der Waals surface area contributed by atoms with E-state index in [1.807, 2.05) is 6.07 Å². The van der Waals surface area contributed by atoms with Gasteiger partial charge in [-0.1, -0.05) is 47.0 Å². The highest BCUT2D eigenvalue weighted by molar-refractivity contribution is 14.2. The monoisotopic (exact) mass is 347 g/mol. The number of hydrogen-bond acceptors (Lipinski definition) is 1. The number of benzene rings is 2. The second kappa shape index (κ2) is 4.69. The van der Waals surface area contributed by atoms with Crippen LogP contribution < -0.4 is 5.36 Å². The van der Waals surface area contributed by atoms with Crippen LogP contribution in [0.3, 0.4) is 0 Å². The highest BCUT2D eigenvalue weighted by atomic mass is 127. The standard InChI is InChI=1S/C16H14IN/c1-12-16(13-8-4-3-5-9-13)18-15-11-7-6-10-14(15)17(12)2/h3-11H,2H2,1H3. The first kappa shape index (κ1) is 11.7. The molecule has 0 unspecified atom stereocenters. The fourth-order valence-corrected chi connectivity index (χ4v) is 5.58. The van der Waals surface area contributed by atoms with E-state index in [-0.39, 0.29) is 0 Å². The van der Waals surface area contributed by atoms with Gasteiger partial charge in [-0.25, -0.2) is 4.99 Å². The number of hydrogen-bond donors (Lipinski definition) is 0. The summed E-state index contributed by atoms with van der Waals surface area (Å²) in [6.45, 7) is 2.19. The average Bonchev–Trinajstić information content (AvgIpc) is 2.44. The minimum Gasteiger partial charge on any atom is -0.247 e. The van der Waals surface area contributed by atoms with Crippen molar-refractivity contribution in [2.75, 3.05) is 0 Å². The summed E-state index contributed by atoms with van der Waals surface area (Å²) in [6.07, 6.45) is 0. The van der Waals surface area contributed by atoms with E-state index in [2.05, 4.69) is 60.0 Å². The van der Waals surface area contributed by atoms with Gasteiger partial charge in [0.1, 0.15) is 0 Å². The van der Waals surface area contributed by atoms with Crippen molar-refractivity contribution in [3.8, 4) is 0 Å². The van der Waals surface area contributed by atoms with Crippen molar-refractivity contribution in [2.24, 2.45) is 4.99 Å². The summed E-state index contributed by atoms with van der Waals surface area (Å²) in [5.41, 5.74) is 2.34. The first-order chi connectivity index (χ1) is 8.77. The minimum absolute atomic E-state index is 1.11. The van der Waals surface area contributed by atoms with E-state index in [1.54, 1.807) is 0 Å². The van der Waals surface area contributed by atoms with Crippen LogP contribution in [0.4, 0.5) is 0 Å². The molecule has 0 N–H and O–H groups in total. The largest absolute Gasteiger partial charge is 0.247 e. The number of nitrogens with zero attached hydrogens (tertiary/aromatic N) is 1. The van der Waals surface area contributed by atoms with E-state index >= 15 is 0 Å². The summed E-state index contributed by atoms with van der Waals surface area (Å²) in [6, 6.07) is 18.8. The number of allylic oxidation sites excluding steroid dienone is 1. The van der Waals surface area contributed by atoms with Crippen molar-refractivity contribution in [1.82, 2.24) is 0 Å². The van der Waals surface area contributed by atoms with Crippen LogP contribution >= 0.6 is 18.9 Å². The van der Waals surface area contributed by atoms with Crippen molar-refractivity contribution in [3.05, 3.63) is 72.3 Å². The Kier molecular flexibility index (Phi) is 3.04. The van der Waals surface area contributed by atoms with Crippen molar-refractivity contribution in [2.45, 2.75) is 6.92 Å². The molecular weight excluding hydrogens is 333 g/mol. The van der Waals surface area contributed by atoms with Gasteiger partial charge in [0.2, 0.25) is 0 Å². The number of para-hydroxylation sites is 1. The molecule has 0 bridgehead atoms. The zero-order valence-electron chi connectivity index (χ0n) is 10.2. The minimum atomic E-state index is -1.47. The molecule has 0 aliphatic carbocycles. The molecule has 90 valence electrons. The smallest absolute Gasteiger partial charge is 0.0791 e. The zero-order valence-corrected chi connectivity index (χ0v) is 12.4. The lowest BCUT2D eigenvalue weighted by molar-refractivity contribution is 1.32. The first-order valence-corrected chi connectivity index (χ1v) is 9.51. The summed E-state index contributed by atoms with van der Waals surface area (Å²) in [5, 5.41) is 1.11. The Labute approximate surface area is 113 Å². The highest BCUT2D eigenvalue weighted by Crippen LogP contribution is 2.34. The second-order valence-electron chi connectivity index (χ2n) is 4.17. The average molecular weight is 347 g/mol. The molecule has 0 atom stereocenters. The summed E-state index contributed by atoms with van der Waals surface area (Å²) in [7, 11) is 0. The first-order valence-electron chi connectivity index (χ1n) is 5.83. The van der Waals surface area contributed by atoms with Crippen LogP contribution in [0, 0.1) is 3.15 Å². The van der Waals surface area contributed by atoms with E-state index in [0.29, 0.717) is 0 Å². The summed E-state index contributed by atoms with van der Waals surface area (Å²) >= 11 is -1.47. The van der Waals surface area contributed by atoms with Gasteiger partial charge in [-0.15, -0.1) is 18.9 Å². The molecule has 0 spiro atoms. The Hall–Kier alpha value is -1.42. The van der Waals surface area contributed by atoms with E-state index in [4.69, 9.17) is 4.99 Å². The highest BCUT2D eigenvalue weighted by Gasteiger charge is 2.08. The second-order valence-corrected chi connectivity index (χ2v) is 9.02. The molecule has 2 heteroatoms. The van der Waals surface area contributed by atoms with Crippen LogP contribution in [0.5, 0.6) is 0 Å². The van der Waals surface area contributed by atoms with Crippen LogP contribution in [0.2, 0.25) is 0 Å². The van der Waals surface area contributed by atoms with E-state index in [9.17, 15) is 0 Å². The number of fused-ring (bicyclic) bond motifs is 1. The van der Waals surface area contributed by atoms with Crippen molar-refractivity contribution < 1.29 is 0 Å². The Bertz CT molecular complexity index is 794. The summed E-state index contributed by atoms with van der Waals surface area (Å²) in [5.74, 6) is 0. The zero-order chi connectivity index (χ0) is 12.5. The third kappa shape index (κ3) is 1.90. The lowest BCUT2D eigenvalue weighted by Gasteiger charge is -2.11. The van der Waals surface area contributed by atoms with E-state index in [0.717, 1.165) is 11.1 Å². The Balaban J connectivity index is 2.35. The predicted octanol–water partition coefficient (Wildman–Crippen LogP) is 3.90.